The maximum Gasteiger partial charge on any atom is 0.00781 e. The van der Waals surface area contributed by atoms with Gasteiger partial charge in [0.1, 0.15) is 0 Å². The molecule has 1 fully saturated rings. The summed E-state index contributed by atoms with van der Waals surface area (Å²) in [5.74, 6) is 1.27. The Morgan fingerprint density at radius 1 is 1.50 bits per heavy atom. The fraction of sp³-hybridized carbons (Fsp3) is 0.692. The summed E-state index contributed by atoms with van der Waals surface area (Å²) in [6, 6.07) is 3.01. The standard InChI is InChI=1S/C13H21NS2/c1-2-16-13-4-3-12(9-13)14-7-5-11-6-8-15-10-11/h6,8,10,12-14H,2-5,7,9H2,1H3. The number of hydrogen-bond acceptors (Lipinski definition) is 3. The molecule has 0 spiro atoms. The molecule has 2 atom stereocenters. The average molecular weight is 255 g/mol. The minimum Gasteiger partial charge on any atom is -0.314 e. The molecule has 1 N–H and O–H groups in total. The smallest absolute Gasteiger partial charge is 0.00781 e. The molecule has 16 heavy (non-hydrogen) atoms. The van der Waals surface area contributed by atoms with Crippen molar-refractivity contribution in [2.45, 2.75) is 43.9 Å². The van der Waals surface area contributed by atoms with Crippen LogP contribution in [0.25, 0.3) is 0 Å². The zero-order valence-electron chi connectivity index (χ0n) is 9.95. The average Bonchev–Trinajstić information content (AvgIpc) is 2.90. The first-order valence-corrected chi connectivity index (χ1v) is 8.23. The number of thiophene rings is 1. The minimum atomic E-state index is 0.780. The molecule has 0 aliphatic heterocycles. The zero-order chi connectivity index (χ0) is 11.2. The maximum atomic E-state index is 3.70. The molecule has 2 unspecified atom stereocenters. The summed E-state index contributed by atoms with van der Waals surface area (Å²) >= 11 is 3.93. The fourth-order valence-corrected chi connectivity index (χ4v) is 4.21. The Morgan fingerprint density at radius 3 is 3.19 bits per heavy atom. The van der Waals surface area contributed by atoms with Gasteiger partial charge in [0.25, 0.3) is 0 Å². The van der Waals surface area contributed by atoms with E-state index in [1.807, 2.05) is 0 Å². The Morgan fingerprint density at radius 2 is 2.44 bits per heavy atom. The molecule has 0 bridgehead atoms. The predicted octanol–water partition coefficient (Wildman–Crippen LogP) is 3.55. The van der Waals surface area contributed by atoms with E-state index in [-0.39, 0.29) is 0 Å². The van der Waals surface area contributed by atoms with Crippen molar-refractivity contribution in [1.82, 2.24) is 5.32 Å². The van der Waals surface area contributed by atoms with E-state index in [0.717, 1.165) is 17.8 Å². The van der Waals surface area contributed by atoms with Crippen LogP contribution in [0.3, 0.4) is 0 Å². The Hall–Kier alpha value is 0.01000. The number of rotatable bonds is 6. The summed E-state index contributed by atoms with van der Waals surface area (Å²) in [5, 5.41) is 9.04. The molecule has 1 aliphatic carbocycles. The monoisotopic (exact) mass is 255 g/mol. The van der Waals surface area contributed by atoms with Crippen molar-refractivity contribution in [3.05, 3.63) is 22.4 Å². The molecule has 0 aromatic carbocycles. The van der Waals surface area contributed by atoms with Crippen molar-refractivity contribution in [3.8, 4) is 0 Å². The molecule has 2 rings (SSSR count). The second-order valence-electron chi connectivity index (χ2n) is 4.42. The molecule has 1 saturated carbocycles. The summed E-state index contributed by atoms with van der Waals surface area (Å²) in [4.78, 5) is 0. The molecule has 0 saturated heterocycles. The first-order valence-electron chi connectivity index (χ1n) is 6.24. The van der Waals surface area contributed by atoms with Gasteiger partial charge in [-0.05, 0) is 60.4 Å². The van der Waals surface area contributed by atoms with Gasteiger partial charge in [0.15, 0.2) is 0 Å². The van der Waals surface area contributed by atoms with Crippen LogP contribution in [-0.4, -0.2) is 23.6 Å². The van der Waals surface area contributed by atoms with Gasteiger partial charge in [0.2, 0.25) is 0 Å². The molecular formula is C13H21NS2. The summed E-state index contributed by atoms with van der Waals surface area (Å²) in [6.07, 6.45) is 5.35. The summed E-state index contributed by atoms with van der Waals surface area (Å²) in [7, 11) is 0. The van der Waals surface area contributed by atoms with Crippen molar-refractivity contribution in [2.75, 3.05) is 12.3 Å². The van der Waals surface area contributed by atoms with E-state index in [1.165, 1.54) is 37.0 Å². The SMILES string of the molecule is CCSC1CCC(NCCc2ccsc2)C1. The number of hydrogen-bond donors (Lipinski definition) is 1. The van der Waals surface area contributed by atoms with Gasteiger partial charge >= 0.3 is 0 Å². The Bertz CT molecular complexity index is 284. The normalized spacial score (nSPS) is 25.1. The van der Waals surface area contributed by atoms with Crippen LogP contribution in [0.15, 0.2) is 16.8 Å². The molecule has 90 valence electrons. The van der Waals surface area contributed by atoms with Crippen molar-refractivity contribution in [2.24, 2.45) is 0 Å². The van der Waals surface area contributed by atoms with Gasteiger partial charge in [-0.25, -0.2) is 0 Å². The van der Waals surface area contributed by atoms with Gasteiger partial charge in [0, 0.05) is 11.3 Å². The molecule has 1 aromatic heterocycles. The van der Waals surface area contributed by atoms with Crippen LogP contribution >= 0.6 is 23.1 Å². The molecule has 0 radical (unpaired) electrons. The van der Waals surface area contributed by atoms with Gasteiger partial charge in [-0.3, -0.25) is 0 Å². The lowest BCUT2D eigenvalue weighted by atomic mass is 10.2. The topological polar surface area (TPSA) is 12.0 Å². The highest BCUT2D eigenvalue weighted by atomic mass is 32.2. The van der Waals surface area contributed by atoms with Crippen LogP contribution in [0.4, 0.5) is 0 Å². The molecule has 0 amide bonds. The van der Waals surface area contributed by atoms with Gasteiger partial charge < -0.3 is 5.32 Å². The Balaban J connectivity index is 1.60. The lowest BCUT2D eigenvalue weighted by Crippen LogP contribution is -2.28. The van der Waals surface area contributed by atoms with E-state index >= 15 is 0 Å². The van der Waals surface area contributed by atoms with Crippen LogP contribution in [0.2, 0.25) is 0 Å². The van der Waals surface area contributed by atoms with Gasteiger partial charge in [-0.2, -0.15) is 23.1 Å². The number of thioether (sulfide) groups is 1. The van der Waals surface area contributed by atoms with Crippen molar-refractivity contribution in [1.29, 1.82) is 0 Å². The summed E-state index contributed by atoms with van der Waals surface area (Å²) < 4.78 is 0. The lowest BCUT2D eigenvalue weighted by molar-refractivity contribution is 0.529. The molecule has 1 aliphatic rings. The summed E-state index contributed by atoms with van der Waals surface area (Å²) in [6.45, 7) is 3.41. The zero-order valence-corrected chi connectivity index (χ0v) is 11.6. The van der Waals surface area contributed by atoms with Crippen molar-refractivity contribution in [3.63, 3.8) is 0 Å². The van der Waals surface area contributed by atoms with E-state index in [4.69, 9.17) is 0 Å². The van der Waals surface area contributed by atoms with Crippen molar-refractivity contribution >= 4 is 23.1 Å². The van der Waals surface area contributed by atoms with E-state index in [0.29, 0.717) is 0 Å². The van der Waals surface area contributed by atoms with Gasteiger partial charge in [0.05, 0.1) is 0 Å². The van der Waals surface area contributed by atoms with Crippen LogP contribution in [0, 0.1) is 0 Å². The first kappa shape index (κ1) is 12.5. The lowest BCUT2D eigenvalue weighted by Gasteiger charge is -2.12. The maximum absolute atomic E-state index is 3.70. The third-order valence-corrected chi connectivity index (χ3v) is 5.18. The molecule has 1 aromatic rings. The third-order valence-electron chi connectivity index (χ3n) is 3.21. The second kappa shape index (κ2) is 6.67. The highest BCUT2D eigenvalue weighted by molar-refractivity contribution is 7.99. The van der Waals surface area contributed by atoms with Gasteiger partial charge in [-0.1, -0.05) is 6.92 Å². The van der Waals surface area contributed by atoms with Crippen molar-refractivity contribution < 1.29 is 0 Å². The van der Waals surface area contributed by atoms with Crippen LogP contribution in [0.1, 0.15) is 31.7 Å². The molecule has 3 heteroatoms. The second-order valence-corrected chi connectivity index (χ2v) is 6.78. The first-order chi connectivity index (χ1) is 7.88. The summed E-state index contributed by atoms with van der Waals surface area (Å²) in [5.41, 5.74) is 1.48. The van der Waals surface area contributed by atoms with E-state index < -0.39 is 0 Å². The van der Waals surface area contributed by atoms with E-state index in [2.05, 4.69) is 40.8 Å². The van der Waals surface area contributed by atoms with Crippen LogP contribution in [0.5, 0.6) is 0 Å². The predicted molar refractivity (Wildman–Crippen MR) is 75.6 cm³/mol. The van der Waals surface area contributed by atoms with E-state index in [1.54, 1.807) is 11.3 Å². The fourth-order valence-electron chi connectivity index (χ4n) is 2.37. The number of nitrogens with one attached hydrogen (secondary N) is 1. The Kier molecular flexibility index (Phi) is 5.20. The third kappa shape index (κ3) is 3.79. The van der Waals surface area contributed by atoms with Crippen LogP contribution < -0.4 is 5.32 Å². The Labute approximate surface area is 107 Å². The highest BCUT2D eigenvalue weighted by Gasteiger charge is 2.23. The van der Waals surface area contributed by atoms with E-state index in [9.17, 15) is 0 Å². The van der Waals surface area contributed by atoms with Gasteiger partial charge in [-0.15, -0.1) is 0 Å². The largest absolute Gasteiger partial charge is 0.314 e. The molecular weight excluding hydrogens is 234 g/mol. The molecule has 1 heterocycles. The highest BCUT2D eigenvalue weighted by Crippen LogP contribution is 2.29. The quantitative estimate of drug-likeness (QED) is 0.834. The minimum absolute atomic E-state index is 0.780. The van der Waals surface area contributed by atoms with Crippen LogP contribution in [-0.2, 0) is 6.42 Å². The molecule has 1 nitrogen and oxygen atoms in total.